The first-order chi connectivity index (χ1) is 6.84. The maximum Gasteiger partial charge on any atom is 0.128 e. The van der Waals surface area contributed by atoms with Crippen LogP contribution in [-0.4, -0.2) is 9.97 Å². The van der Waals surface area contributed by atoms with Gasteiger partial charge in [-0.05, 0) is 12.1 Å². The average Bonchev–Trinajstić information content (AvgIpc) is 2.67. The van der Waals surface area contributed by atoms with Crippen molar-refractivity contribution in [1.82, 2.24) is 9.97 Å². The second-order valence-electron chi connectivity index (χ2n) is 2.78. The molecule has 0 aromatic carbocycles. The molecule has 0 saturated carbocycles. The lowest BCUT2D eigenvalue weighted by Crippen LogP contribution is -2.02. The van der Waals surface area contributed by atoms with Gasteiger partial charge in [0.2, 0.25) is 0 Å². The number of nitrogen functional groups attached to an aromatic ring is 1. The van der Waals surface area contributed by atoms with E-state index in [1.54, 1.807) is 17.4 Å². The third-order valence-electron chi connectivity index (χ3n) is 1.70. The fourth-order valence-electron chi connectivity index (χ4n) is 1.06. The summed E-state index contributed by atoms with van der Waals surface area (Å²) in [5.74, 6) is 1.30. The van der Waals surface area contributed by atoms with Crippen molar-refractivity contribution in [2.45, 2.75) is 6.54 Å². The van der Waals surface area contributed by atoms with Gasteiger partial charge >= 0.3 is 0 Å². The number of rotatable bonds is 3. The Balaban J connectivity index is 1.98. The lowest BCUT2D eigenvalue weighted by atomic mass is 10.4. The molecule has 0 aliphatic heterocycles. The van der Waals surface area contributed by atoms with Gasteiger partial charge in [0.1, 0.15) is 11.6 Å². The first kappa shape index (κ1) is 8.96. The first-order valence-corrected chi connectivity index (χ1v) is 5.12. The molecule has 3 N–H and O–H groups in total. The van der Waals surface area contributed by atoms with E-state index in [9.17, 15) is 0 Å². The van der Waals surface area contributed by atoms with Crippen LogP contribution in [0.4, 0.5) is 11.6 Å². The van der Waals surface area contributed by atoms with Crippen molar-refractivity contribution in [3.05, 3.63) is 34.8 Å². The minimum Gasteiger partial charge on any atom is -0.384 e. The van der Waals surface area contributed by atoms with E-state index >= 15 is 0 Å². The van der Waals surface area contributed by atoms with Crippen LogP contribution >= 0.6 is 11.3 Å². The lowest BCUT2D eigenvalue weighted by Gasteiger charge is -2.03. The summed E-state index contributed by atoms with van der Waals surface area (Å²) in [6, 6.07) is 5.50. The Bertz CT molecular complexity index is 399. The first-order valence-electron chi connectivity index (χ1n) is 4.18. The Labute approximate surface area is 85.8 Å². The van der Waals surface area contributed by atoms with Crippen LogP contribution in [0.15, 0.2) is 29.1 Å². The molecular formula is C9H10N4S. The Morgan fingerprint density at radius 3 is 3.07 bits per heavy atom. The van der Waals surface area contributed by atoms with Crippen molar-refractivity contribution in [3.63, 3.8) is 0 Å². The van der Waals surface area contributed by atoms with Gasteiger partial charge in [-0.3, -0.25) is 0 Å². The number of anilines is 2. The zero-order valence-corrected chi connectivity index (χ0v) is 8.29. The van der Waals surface area contributed by atoms with Crippen molar-refractivity contribution in [3.8, 4) is 0 Å². The molecule has 2 aromatic rings. The van der Waals surface area contributed by atoms with E-state index in [2.05, 4.69) is 15.3 Å². The molecule has 0 amide bonds. The van der Waals surface area contributed by atoms with Gasteiger partial charge in [0.15, 0.2) is 0 Å². The van der Waals surface area contributed by atoms with Crippen LogP contribution in [0.5, 0.6) is 0 Å². The minimum absolute atomic E-state index is 0.522. The zero-order chi connectivity index (χ0) is 9.80. The van der Waals surface area contributed by atoms with Crippen LogP contribution in [0.1, 0.15) is 5.69 Å². The standard InChI is InChI=1S/C9H10N4S/c10-8-2-1-3-9(13-8)11-4-7-5-14-6-12-7/h1-3,5-6H,4H2,(H3,10,11,13). The molecule has 0 atom stereocenters. The van der Waals surface area contributed by atoms with Crippen LogP contribution < -0.4 is 11.1 Å². The van der Waals surface area contributed by atoms with Crippen LogP contribution in [0.25, 0.3) is 0 Å². The molecule has 2 aromatic heterocycles. The number of thiazole rings is 1. The Morgan fingerprint density at radius 2 is 2.36 bits per heavy atom. The fourth-order valence-corrected chi connectivity index (χ4v) is 1.61. The maximum atomic E-state index is 5.54. The summed E-state index contributed by atoms with van der Waals surface area (Å²) in [4.78, 5) is 8.27. The second kappa shape index (κ2) is 4.06. The number of nitrogens with two attached hydrogens (primary N) is 1. The highest BCUT2D eigenvalue weighted by atomic mass is 32.1. The summed E-state index contributed by atoms with van der Waals surface area (Å²) in [7, 11) is 0. The largest absolute Gasteiger partial charge is 0.384 e. The summed E-state index contributed by atoms with van der Waals surface area (Å²) in [5.41, 5.74) is 8.37. The molecule has 72 valence electrons. The molecule has 2 rings (SSSR count). The van der Waals surface area contributed by atoms with Crippen molar-refractivity contribution >= 4 is 23.0 Å². The third-order valence-corrected chi connectivity index (χ3v) is 2.34. The van der Waals surface area contributed by atoms with Crippen LogP contribution in [0.2, 0.25) is 0 Å². The smallest absolute Gasteiger partial charge is 0.128 e. The van der Waals surface area contributed by atoms with Gasteiger partial charge in [0.05, 0.1) is 17.7 Å². The topological polar surface area (TPSA) is 63.8 Å². The average molecular weight is 206 g/mol. The molecule has 0 radical (unpaired) electrons. The van der Waals surface area contributed by atoms with Crippen molar-refractivity contribution in [2.24, 2.45) is 0 Å². The molecule has 0 saturated heterocycles. The molecule has 4 nitrogen and oxygen atoms in total. The zero-order valence-electron chi connectivity index (χ0n) is 7.47. The highest BCUT2D eigenvalue weighted by Gasteiger charge is 1.96. The molecule has 2 heterocycles. The monoisotopic (exact) mass is 206 g/mol. The minimum atomic E-state index is 0.522. The van der Waals surface area contributed by atoms with Gasteiger partial charge in [-0.2, -0.15) is 0 Å². The third kappa shape index (κ3) is 2.20. The number of aromatic nitrogens is 2. The maximum absolute atomic E-state index is 5.54. The van der Waals surface area contributed by atoms with E-state index in [-0.39, 0.29) is 0 Å². The van der Waals surface area contributed by atoms with E-state index in [4.69, 9.17) is 5.73 Å². The van der Waals surface area contributed by atoms with Gasteiger partial charge in [-0.15, -0.1) is 11.3 Å². The summed E-state index contributed by atoms with van der Waals surface area (Å²) >= 11 is 1.58. The van der Waals surface area contributed by atoms with E-state index in [0.29, 0.717) is 12.4 Å². The SMILES string of the molecule is Nc1cccc(NCc2cscn2)n1. The predicted octanol–water partition coefficient (Wildman–Crippen LogP) is 1.73. The highest BCUT2D eigenvalue weighted by Crippen LogP contribution is 2.08. The fraction of sp³-hybridized carbons (Fsp3) is 0.111. The molecule has 0 spiro atoms. The van der Waals surface area contributed by atoms with Gasteiger partial charge in [-0.25, -0.2) is 9.97 Å². The Kier molecular flexibility index (Phi) is 2.60. The number of nitrogens with one attached hydrogen (secondary N) is 1. The van der Waals surface area contributed by atoms with Gasteiger partial charge < -0.3 is 11.1 Å². The van der Waals surface area contributed by atoms with E-state index < -0.39 is 0 Å². The normalized spacial score (nSPS) is 10.0. The molecule has 0 unspecified atom stereocenters. The number of hydrogen-bond donors (Lipinski definition) is 2. The van der Waals surface area contributed by atoms with E-state index in [1.165, 1.54) is 0 Å². The molecule has 5 heteroatoms. The lowest BCUT2D eigenvalue weighted by molar-refractivity contribution is 1.05. The summed E-state index contributed by atoms with van der Waals surface area (Å²) in [6.07, 6.45) is 0. The molecule has 14 heavy (non-hydrogen) atoms. The number of nitrogens with zero attached hydrogens (tertiary/aromatic N) is 2. The van der Waals surface area contributed by atoms with E-state index in [0.717, 1.165) is 11.5 Å². The van der Waals surface area contributed by atoms with Crippen LogP contribution in [0, 0.1) is 0 Å². The number of pyridine rings is 1. The summed E-state index contributed by atoms with van der Waals surface area (Å²) in [6.45, 7) is 0.681. The second-order valence-corrected chi connectivity index (χ2v) is 3.50. The molecule has 0 bridgehead atoms. The van der Waals surface area contributed by atoms with Crippen molar-refractivity contribution in [2.75, 3.05) is 11.1 Å². The molecular weight excluding hydrogens is 196 g/mol. The Morgan fingerprint density at radius 1 is 1.43 bits per heavy atom. The summed E-state index contributed by atoms with van der Waals surface area (Å²) < 4.78 is 0. The van der Waals surface area contributed by atoms with Crippen molar-refractivity contribution < 1.29 is 0 Å². The highest BCUT2D eigenvalue weighted by molar-refractivity contribution is 7.07. The molecule has 0 aliphatic carbocycles. The van der Waals surface area contributed by atoms with Gasteiger partial charge in [-0.1, -0.05) is 6.07 Å². The molecule has 0 fully saturated rings. The quantitative estimate of drug-likeness (QED) is 0.802. The molecule has 0 aliphatic rings. The summed E-state index contributed by atoms with van der Waals surface area (Å²) in [5, 5.41) is 5.14. The predicted molar refractivity (Wildman–Crippen MR) is 58.1 cm³/mol. The Hall–Kier alpha value is -1.62. The number of hydrogen-bond acceptors (Lipinski definition) is 5. The van der Waals surface area contributed by atoms with Gasteiger partial charge in [0.25, 0.3) is 0 Å². The van der Waals surface area contributed by atoms with Gasteiger partial charge in [0, 0.05) is 5.38 Å². The van der Waals surface area contributed by atoms with Crippen LogP contribution in [0.3, 0.4) is 0 Å². The van der Waals surface area contributed by atoms with E-state index in [1.807, 2.05) is 23.0 Å². The van der Waals surface area contributed by atoms with Crippen LogP contribution in [-0.2, 0) is 6.54 Å². The van der Waals surface area contributed by atoms with Crippen molar-refractivity contribution in [1.29, 1.82) is 0 Å².